The van der Waals surface area contributed by atoms with Crippen LogP contribution in [0.3, 0.4) is 0 Å². The number of amides is 2. The Bertz CT molecular complexity index is 1380. The Balaban J connectivity index is 2.00. The Kier molecular flexibility index (Phi) is 11.3. The zero-order valence-corrected chi connectivity index (χ0v) is 25.9. The molecule has 0 unspecified atom stereocenters. The van der Waals surface area contributed by atoms with Crippen LogP contribution in [0.1, 0.15) is 57.6 Å². The number of benzene rings is 3. The molecule has 0 aromatic heterocycles. The van der Waals surface area contributed by atoms with Crippen molar-refractivity contribution >= 4 is 43.5 Å². The molecule has 0 bridgehead atoms. The summed E-state index contributed by atoms with van der Waals surface area (Å²) in [5.74, 6) is -0.497. The number of rotatable bonds is 13. The van der Waals surface area contributed by atoms with Gasteiger partial charge in [0.05, 0.1) is 10.6 Å². The molecule has 3 aromatic carbocycles. The van der Waals surface area contributed by atoms with E-state index in [9.17, 15) is 18.0 Å². The maximum atomic E-state index is 14.0. The molecule has 1 atom stereocenters. The minimum absolute atomic E-state index is 0.0830. The van der Waals surface area contributed by atoms with Crippen LogP contribution in [0.25, 0.3) is 0 Å². The summed E-state index contributed by atoms with van der Waals surface area (Å²) in [6.07, 6.45) is 1.75. The van der Waals surface area contributed by atoms with E-state index >= 15 is 0 Å². The second kappa shape index (κ2) is 14.5. The van der Waals surface area contributed by atoms with E-state index in [-0.39, 0.29) is 23.3 Å². The molecule has 1 N–H and O–H groups in total. The summed E-state index contributed by atoms with van der Waals surface area (Å²) >= 11 is 3.47. The molecule has 0 aliphatic carbocycles. The van der Waals surface area contributed by atoms with Crippen molar-refractivity contribution in [3.8, 4) is 0 Å². The summed E-state index contributed by atoms with van der Waals surface area (Å²) < 4.78 is 29.7. The van der Waals surface area contributed by atoms with Gasteiger partial charge in [-0.1, -0.05) is 85.6 Å². The third kappa shape index (κ3) is 8.17. The summed E-state index contributed by atoms with van der Waals surface area (Å²) in [5.41, 5.74) is 2.25. The van der Waals surface area contributed by atoms with Gasteiger partial charge >= 0.3 is 0 Å². The van der Waals surface area contributed by atoms with Crippen molar-refractivity contribution in [1.29, 1.82) is 0 Å². The molecule has 214 valence electrons. The molecule has 0 spiro atoms. The minimum Gasteiger partial charge on any atom is -0.354 e. The average Bonchev–Trinajstić information content (AvgIpc) is 2.94. The van der Waals surface area contributed by atoms with E-state index in [0.717, 1.165) is 32.7 Å². The third-order valence-corrected chi connectivity index (χ3v) is 8.98. The smallest absolute Gasteiger partial charge is 0.264 e. The van der Waals surface area contributed by atoms with Gasteiger partial charge in [0.25, 0.3) is 10.0 Å². The van der Waals surface area contributed by atoms with E-state index in [4.69, 9.17) is 0 Å². The van der Waals surface area contributed by atoms with Gasteiger partial charge in [0.1, 0.15) is 12.6 Å². The number of hydrogen-bond donors (Lipinski definition) is 1. The largest absolute Gasteiger partial charge is 0.354 e. The molecule has 0 saturated carbocycles. The first-order valence-corrected chi connectivity index (χ1v) is 15.8. The van der Waals surface area contributed by atoms with Crippen LogP contribution in [0.15, 0.2) is 88.2 Å². The van der Waals surface area contributed by atoms with Crippen LogP contribution in [0, 0.1) is 0 Å². The zero-order chi connectivity index (χ0) is 29.3. The maximum absolute atomic E-state index is 14.0. The summed E-state index contributed by atoms with van der Waals surface area (Å²) in [5, 5.41) is 2.90. The third-order valence-electron chi connectivity index (χ3n) is 6.70. The van der Waals surface area contributed by atoms with Crippen LogP contribution in [0.5, 0.6) is 0 Å². The van der Waals surface area contributed by atoms with Crippen LogP contribution in [0.2, 0.25) is 0 Å². The lowest BCUT2D eigenvalue weighted by molar-refractivity contribution is -0.139. The highest BCUT2D eigenvalue weighted by molar-refractivity contribution is 9.10. The second-order valence-electron chi connectivity index (χ2n) is 10.0. The molecule has 0 radical (unpaired) electrons. The van der Waals surface area contributed by atoms with Gasteiger partial charge in [-0.2, -0.15) is 0 Å². The molecule has 0 aliphatic heterocycles. The number of nitrogens with zero attached hydrogens (tertiary/aromatic N) is 2. The number of sulfonamides is 1. The number of anilines is 1. The van der Waals surface area contributed by atoms with Crippen LogP contribution in [-0.4, -0.2) is 44.3 Å². The Morgan fingerprint density at radius 2 is 1.60 bits per heavy atom. The van der Waals surface area contributed by atoms with Gasteiger partial charge in [-0.25, -0.2) is 8.42 Å². The van der Waals surface area contributed by atoms with Crippen LogP contribution in [-0.2, 0) is 26.2 Å². The standard InChI is InChI=1S/C31H38BrN3O4S/c1-5-6-19-33-31(37)24(4)34(21-25-11-10-12-27(32)20-25)30(36)22-35(28-17-15-26(16-18-28)23(2)3)40(38,39)29-13-8-7-9-14-29/h7-18,20,23-24H,5-6,19,21-22H2,1-4H3,(H,33,37)/t24-/m0/s1. The predicted octanol–water partition coefficient (Wildman–Crippen LogP) is 6.10. The fourth-order valence-electron chi connectivity index (χ4n) is 4.22. The highest BCUT2D eigenvalue weighted by Crippen LogP contribution is 2.26. The van der Waals surface area contributed by atoms with E-state index in [1.165, 1.54) is 17.0 Å². The molecule has 2 amide bonds. The molecule has 0 heterocycles. The SMILES string of the molecule is CCCCNC(=O)[C@H](C)N(Cc1cccc(Br)c1)C(=O)CN(c1ccc(C(C)C)cc1)S(=O)(=O)c1ccccc1. The van der Waals surface area contributed by atoms with Gasteiger partial charge in [-0.3, -0.25) is 13.9 Å². The fraction of sp³-hybridized carbons (Fsp3) is 0.355. The molecule has 7 nitrogen and oxygen atoms in total. The molecular formula is C31H38BrN3O4S. The molecule has 0 saturated heterocycles. The van der Waals surface area contributed by atoms with Crippen molar-refractivity contribution in [3.05, 3.63) is 94.5 Å². The number of hydrogen-bond acceptors (Lipinski definition) is 4. The molecule has 3 rings (SSSR count). The van der Waals surface area contributed by atoms with Crippen LogP contribution < -0.4 is 9.62 Å². The van der Waals surface area contributed by atoms with Crippen molar-refractivity contribution in [2.45, 2.75) is 63.9 Å². The Hall–Kier alpha value is -3.17. The van der Waals surface area contributed by atoms with Gasteiger partial charge in [-0.15, -0.1) is 0 Å². The summed E-state index contributed by atoms with van der Waals surface area (Å²) in [6, 6.07) is 21.9. The van der Waals surface area contributed by atoms with E-state index in [0.29, 0.717) is 12.2 Å². The lowest BCUT2D eigenvalue weighted by atomic mass is 10.0. The second-order valence-corrected chi connectivity index (χ2v) is 12.8. The van der Waals surface area contributed by atoms with Crippen LogP contribution >= 0.6 is 15.9 Å². The fourth-order valence-corrected chi connectivity index (χ4v) is 6.11. The predicted molar refractivity (Wildman–Crippen MR) is 164 cm³/mol. The van der Waals surface area contributed by atoms with E-state index in [2.05, 4.69) is 35.1 Å². The van der Waals surface area contributed by atoms with Crippen molar-refractivity contribution in [2.75, 3.05) is 17.4 Å². The topological polar surface area (TPSA) is 86.8 Å². The monoisotopic (exact) mass is 627 g/mol. The van der Waals surface area contributed by atoms with E-state index in [1.54, 1.807) is 37.3 Å². The number of carbonyl (C=O) groups excluding carboxylic acids is 2. The Morgan fingerprint density at radius 3 is 2.20 bits per heavy atom. The highest BCUT2D eigenvalue weighted by Gasteiger charge is 2.32. The minimum atomic E-state index is -4.08. The average molecular weight is 629 g/mol. The normalized spacial score (nSPS) is 12.2. The lowest BCUT2D eigenvalue weighted by Gasteiger charge is -2.32. The van der Waals surface area contributed by atoms with Crippen molar-refractivity contribution in [1.82, 2.24) is 10.2 Å². The van der Waals surface area contributed by atoms with Crippen molar-refractivity contribution in [2.24, 2.45) is 0 Å². The number of carbonyl (C=O) groups is 2. The van der Waals surface area contributed by atoms with E-state index in [1.807, 2.05) is 43.3 Å². The van der Waals surface area contributed by atoms with Gasteiger partial charge < -0.3 is 10.2 Å². The summed E-state index contributed by atoms with van der Waals surface area (Å²) in [4.78, 5) is 28.6. The quantitative estimate of drug-likeness (QED) is 0.232. The zero-order valence-electron chi connectivity index (χ0n) is 23.5. The number of nitrogens with one attached hydrogen (secondary N) is 1. The summed E-state index contributed by atoms with van der Waals surface area (Å²) in [6.45, 7) is 8.02. The molecular weight excluding hydrogens is 590 g/mol. The number of unbranched alkanes of at least 4 members (excludes halogenated alkanes) is 1. The maximum Gasteiger partial charge on any atom is 0.264 e. The van der Waals surface area contributed by atoms with Gasteiger partial charge in [0.2, 0.25) is 11.8 Å². The lowest BCUT2D eigenvalue weighted by Crippen LogP contribution is -2.51. The Morgan fingerprint density at radius 1 is 0.925 bits per heavy atom. The summed E-state index contributed by atoms with van der Waals surface area (Å²) in [7, 11) is -4.08. The van der Waals surface area contributed by atoms with Gasteiger partial charge in [0, 0.05) is 17.6 Å². The highest BCUT2D eigenvalue weighted by atomic mass is 79.9. The van der Waals surface area contributed by atoms with E-state index < -0.39 is 28.5 Å². The molecule has 3 aromatic rings. The molecule has 40 heavy (non-hydrogen) atoms. The first-order chi connectivity index (χ1) is 19.0. The molecule has 0 fully saturated rings. The van der Waals surface area contributed by atoms with Crippen molar-refractivity contribution in [3.63, 3.8) is 0 Å². The molecule has 9 heteroatoms. The first kappa shape index (κ1) is 31.4. The van der Waals surface area contributed by atoms with Gasteiger partial charge in [0.15, 0.2) is 0 Å². The van der Waals surface area contributed by atoms with Gasteiger partial charge in [-0.05, 0) is 66.8 Å². The number of halogens is 1. The van der Waals surface area contributed by atoms with Crippen molar-refractivity contribution < 1.29 is 18.0 Å². The Labute approximate surface area is 246 Å². The molecule has 0 aliphatic rings. The van der Waals surface area contributed by atoms with Crippen LogP contribution in [0.4, 0.5) is 5.69 Å². The first-order valence-electron chi connectivity index (χ1n) is 13.5.